The van der Waals surface area contributed by atoms with E-state index in [1.807, 2.05) is 0 Å². The third-order valence-electron chi connectivity index (χ3n) is 10.5. The first-order valence-electron chi connectivity index (χ1n) is 25.0. The zero-order valence-electron chi connectivity index (χ0n) is 39.9. The third-order valence-corrected chi connectivity index (χ3v) is 11.4. The van der Waals surface area contributed by atoms with E-state index in [1.54, 1.807) is 0 Å². The van der Waals surface area contributed by atoms with Crippen molar-refractivity contribution in [2.75, 3.05) is 26.4 Å². The zero-order valence-corrected chi connectivity index (χ0v) is 40.8. The fourth-order valence-corrected chi connectivity index (χ4v) is 7.40. The second-order valence-corrected chi connectivity index (χ2v) is 18.0. The zero-order chi connectivity index (χ0) is 46.2. The van der Waals surface area contributed by atoms with Crippen molar-refractivity contribution < 1.29 is 42.7 Å². The minimum Gasteiger partial charge on any atom is -0.480 e. The van der Waals surface area contributed by atoms with Crippen LogP contribution in [0.5, 0.6) is 0 Å². The van der Waals surface area contributed by atoms with E-state index < -0.39 is 45.1 Å². The average Bonchev–Trinajstić information content (AvgIpc) is 3.26. The number of esters is 1. The molecule has 3 atom stereocenters. The van der Waals surface area contributed by atoms with Gasteiger partial charge in [0.15, 0.2) is 0 Å². The summed E-state index contributed by atoms with van der Waals surface area (Å²) in [4.78, 5) is 33.7. The lowest BCUT2D eigenvalue weighted by atomic mass is 10.1. The number of phosphoric acid groups is 1. The molecule has 0 aromatic carbocycles. The normalized spacial score (nSPS) is 14.3. The van der Waals surface area contributed by atoms with Crippen LogP contribution in [0.4, 0.5) is 0 Å². The number of rotatable bonds is 47. The molecule has 10 nitrogen and oxygen atoms in total. The number of carbonyl (C=O) groups is 2. The second-order valence-electron chi connectivity index (χ2n) is 16.6. The van der Waals surface area contributed by atoms with Gasteiger partial charge in [-0.2, -0.15) is 0 Å². The molecule has 11 heteroatoms. The van der Waals surface area contributed by atoms with Gasteiger partial charge in [0.05, 0.1) is 19.8 Å². The molecule has 0 radical (unpaired) electrons. The standard InChI is InChI=1S/C52H92NO9P/c1-3-5-7-9-11-13-15-17-19-21-22-23-24-25-26-27-29-31-33-35-37-39-41-43-45-59-46-49(47-60-63(57,58)61-48-50(53)52(55)56)62-51(54)44-42-40-38-36-34-32-30-28-20-18-16-14-12-10-8-6-4-2/h5,7,11,13,17-20,22-23,25-26,49-50H,3-4,6,8-10,12,14-16,21,24,27-48,53H2,1-2H3,(H,55,56)(H,57,58)/b7-5-,13-11-,19-17-,20-18-,23-22-,26-25-. The first-order chi connectivity index (χ1) is 30.7. The Balaban J connectivity index is 4.18. The summed E-state index contributed by atoms with van der Waals surface area (Å²) in [5.74, 6) is -1.79. The summed E-state index contributed by atoms with van der Waals surface area (Å²) >= 11 is 0. The summed E-state index contributed by atoms with van der Waals surface area (Å²) in [6, 6.07) is -1.48. The fraction of sp³-hybridized carbons (Fsp3) is 0.731. The molecule has 0 aliphatic carbocycles. The Hall–Kier alpha value is -2.59. The topological polar surface area (TPSA) is 155 Å². The number of allylic oxidation sites excluding steroid dienone is 12. The number of nitrogens with two attached hydrogens (primary N) is 1. The maximum Gasteiger partial charge on any atom is 0.472 e. The SMILES string of the molecule is CC/C=C\C/C=C\C/C=C\C/C=C\C/C=C\CCCCCCCCCCOCC(COP(=O)(O)OCC(N)C(=O)O)OC(=O)CCCCCCCCC/C=C\CCCCCCCC. The number of ether oxygens (including phenoxy) is 2. The highest BCUT2D eigenvalue weighted by molar-refractivity contribution is 7.47. The molecule has 0 aliphatic heterocycles. The molecule has 63 heavy (non-hydrogen) atoms. The number of carbonyl (C=O) groups excluding carboxylic acids is 1. The van der Waals surface area contributed by atoms with Crippen molar-refractivity contribution in [1.82, 2.24) is 0 Å². The van der Waals surface area contributed by atoms with E-state index >= 15 is 0 Å². The van der Waals surface area contributed by atoms with Crippen LogP contribution in [0.3, 0.4) is 0 Å². The second kappa shape index (κ2) is 47.4. The minimum atomic E-state index is -4.63. The molecule has 364 valence electrons. The van der Waals surface area contributed by atoms with Crippen LogP contribution in [0.15, 0.2) is 72.9 Å². The Bertz CT molecular complexity index is 1280. The van der Waals surface area contributed by atoms with Gasteiger partial charge < -0.3 is 25.2 Å². The molecule has 0 bridgehead atoms. The maximum atomic E-state index is 12.7. The Morgan fingerprint density at radius 3 is 1.40 bits per heavy atom. The van der Waals surface area contributed by atoms with Crippen LogP contribution in [0.1, 0.15) is 206 Å². The van der Waals surface area contributed by atoms with Crippen molar-refractivity contribution >= 4 is 19.8 Å². The number of phosphoric ester groups is 1. The molecule has 0 aromatic rings. The number of carboxylic acids is 1. The number of unbranched alkanes of at least 4 members (excludes halogenated alkanes) is 21. The molecule has 3 unspecified atom stereocenters. The van der Waals surface area contributed by atoms with Gasteiger partial charge in [0.2, 0.25) is 0 Å². The van der Waals surface area contributed by atoms with Crippen LogP contribution >= 0.6 is 7.82 Å². The molecule has 0 heterocycles. The van der Waals surface area contributed by atoms with Crippen LogP contribution in [0, 0.1) is 0 Å². The molecule has 0 amide bonds. The van der Waals surface area contributed by atoms with E-state index in [2.05, 4.69) is 86.8 Å². The van der Waals surface area contributed by atoms with Crippen LogP contribution in [-0.2, 0) is 32.7 Å². The minimum absolute atomic E-state index is 0.00645. The average molecular weight is 906 g/mol. The van der Waals surface area contributed by atoms with Crippen LogP contribution in [-0.4, -0.2) is 60.5 Å². The van der Waals surface area contributed by atoms with Crippen molar-refractivity contribution in [3.8, 4) is 0 Å². The highest BCUT2D eigenvalue weighted by atomic mass is 31.2. The highest BCUT2D eigenvalue weighted by Crippen LogP contribution is 2.43. The summed E-state index contributed by atoms with van der Waals surface area (Å²) in [6.07, 6.45) is 59.5. The molecule has 0 rings (SSSR count). The summed E-state index contributed by atoms with van der Waals surface area (Å²) < 4.78 is 33.5. The van der Waals surface area contributed by atoms with Gasteiger partial charge >= 0.3 is 19.8 Å². The summed E-state index contributed by atoms with van der Waals surface area (Å²) in [5.41, 5.74) is 5.37. The largest absolute Gasteiger partial charge is 0.480 e. The van der Waals surface area contributed by atoms with Crippen molar-refractivity contribution in [2.45, 2.75) is 219 Å². The molecule has 0 aromatic heterocycles. The van der Waals surface area contributed by atoms with Crippen LogP contribution < -0.4 is 5.73 Å². The highest BCUT2D eigenvalue weighted by Gasteiger charge is 2.27. The van der Waals surface area contributed by atoms with Gasteiger partial charge in [-0.1, -0.05) is 189 Å². The van der Waals surface area contributed by atoms with Gasteiger partial charge in [0, 0.05) is 13.0 Å². The van der Waals surface area contributed by atoms with Gasteiger partial charge in [0.25, 0.3) is 0 Å². The molecular formula is C52H92NO9P. The lowest BCUT2D eigenvalue weighted by Gasteiger charge is -2.20. The van der Waals surface area contributed by atoms with E-state index in [-0.39, 0.29) is 13.0 Å². The summed E-state index contributed by atoms with van der Waals surface area (Å²) in [6.45, 7) is 3.75. The molecule has 4 N–H and O–H groups in total. The van der Waals surface area contributed by atoms with Gasteiger partial charge in [-0.3, -0.25) is 18.6 Å². The van der Waals surface area contributed by atoms with Crippen molar-refractivity contribution in [3.05, 3.63) is 72.9 Å². The van der Waals surface area contributed by atoms with E-state index in [1.165, 1.54) is 96.3 Å². The molecule has 0 fully saturated rings. The van der Waals surface area contributed by atoms with Crippen molar-refractivity contribution in [1.29, 1.82) is 0 Å². The van der Waals surface area contributed by atoms with Gasteiger partial charge in [-0.25, -0.2) is 4.57 Å². The first-order valence-corrected chi connectivity index (χ1v) is 26.5. The lowest BCUT2D eigenvalue weighted by Crippen LogP contribution is -2.34. The van der Waals surface area contributed by atoms with Crippen LogP contribution in [0.2, 0.25) is 0 Å². The molecule has 0 spiro atoms. The molecular weight excluding hydrogens is 814 g/mol. The lowest BCUT2D eigenvalue weighted by molar-refractivity contribution is -0.154. The summed E-state index contributed by atoms with van der Waals surface area (Å²) in [5, 5.41) is 8.92. The predicted octanol–water partition coefficient (Wildman–Crippen LogP) is 14.5. The van der Waals surface area contributed by atoms with Gasteiger partial charge in [0.1, 0.15) is 12.1 Å². The summed E-state index contributed by atoms with van der Waals surface area (Å²) in [7, 11) is -4.63. The first kappa shape index (κ1) is 60.4. The number of aliphatic carboxylic acids is 1. The third kappa shape index (κ3) is 47.2. The van der Waals surface area contributed by atoms with E-state index in [9.17, 15) is 19.0 Å². The van der Waals surface area contributed by atoms with Gasteiger partial charge in [-0.05, 0) is 83.5 Å². The van der Waals surface area contributed by atoms with Crippen LogP contribution in [0.25, 0.3) is 0 Å². The van der Waals surface area contributed by atoms with Crippen molar-refractivity contribution in [3.63, 3.8) is 0 Å². The predicted molar refractivity (Wildman–Crippen MR) is 263 cm³/mol. The number of hydrogen-bond acceptors (Lipinski definition) is 8. The Kier molecular flexibility index (Phi) is 45.4. The number of carboxylic acid groups (broad SMARTS) is 1. The Morgan fingerprint density at radius 1 is 0.524 bits per heavy atom. The smallest absolute Gasteiger partial charge is 0.472 e. The fourth-order valence-electron chi connectivity index (χ4n) is 6.63. The molecule has 0 aliphatic rings. The van der Waals surface area contributed by atoms with Gasteiger partial charge in [-0.15, -0.1) is 0 Å². The molecule has 0 saturated carbocycles. The number of hydrogen-bond donors (Lipinski definition) is 3. The monoisotopic (exact) mass is 906 g/mol. The quantitative estimate of drug-likeness (QED) is 0.0233. The van der Waals surface area contributed by atoms with E-state index in [0.717, 1.165) is 83.5 Å². The molecule has 0 saturated heterocycles. The Morgan fingerprint density at radius 2 is 0.921 bits per heavy atom. The van der Waals surface area contributed by atoms with Crippen molar-refractivity contribution in [2.24, 2.45) is 5.73 Å². The maximum absolute atomic E-state index is 12.7. The van der Waals surface area contributed by atoms with E-state index in [4.69, 9.17) is 29.4 Å². The van der Waals surface area contributed by atoms with E-state index in [0.29, 0.717) is 13.0 Å². The Labute approximate surface area is 384 Å².